The van der Waals surface area contributed by atoms with Crippen molar-refractivity contribution in [1.82, 2.24) is 10.3 Å². The number of rotatable bonds is 10. The second-order valence-electron chi connectivity index (χ2n) is 7.22. The van der Waals surface area contributed by atoms with E-state index in [0.717, 1.165) is 5.56 Å². The molecule has 0 radical (unpaired) electrons. The highest BCUT2D eigenvalue weighted by Crippen LogP contribution is 2.29. The number of nitrogens with zero attached hydrogens (tertiary/aromatic N) is 1. The van der Waals surface area contributed by atoms with Gasteiger partial charge in [-0.15, -0.1) is 0 Å². The summed E-state index contributed by atoms with van der Waals surface area (Å²) < 4.78 is 26.3. The number of aromatic nitrogens is 1. The van der Waals surface area contributed by atoms with Crippen LogP contribution >= 0.6 is 0 Å². The van der Waals surface area contributed by atoms with E-state index in [1.54, 1.807) is 43.5 Å². The molecule has 0 bridgehead atoms. The summed E-state index contributed by atoms with van der Waals surface area (Å²) in [5, 5.41) is 2.79. The van der Waals surface area contributed by atoms with Crippen LogP contribution in [-0.4, -0.2) is 45.3 Å². The lowest BCUT2D eigenvalue weighted by Crippen LogP contribution is -2.24. The minimum atomic E-state index is -1.12. The highest BCUT2D eigenvalue weighted by molar-refractivity contribution is 5.97. The summed E-state index contributed by atoms with van der Waals surface area (Å²) in [5.74, 6) is 0.991. The quantitative estimate of drug-likeness (QED) is 0.331. The number of benzene rings is 2. The fourth-order valence-corrected chi connectivity index (χ4v) is 3.25. The van der Waals surface area contributed by atoms with Crippen molar-refractivity contribution in [1.29, 1.82) is 0 Å². The van der Waals surface area contributed by atoms with E-state index in [-0.39, 0.29) is 17.8 Å². The topological polar surface area (TPSA) is 131 Å². The van der Waals surface area contributed by atoms with Crippen molar-refractivity contribution in [2.75, 3.05) is 28.4 Å². The predicted molar refractivity (Wildman–Crippen MR) is 127 cm³/mol. The lowest BCUT2D eigenvalue weighted by Gasteiger charge is -2.17. The SMILES string of the molecule is COc1ccc(CNC(=O)c2ccnc(C(=O)OC(N)c3ccc(OC)cc3OC)c2)c(OC)c1. The van der Waals surface area contributed by atoms with Crippen LogP contribution in [0.15, 0.2) is 54.7 Å². The van der Waals surface area contributed by atoms with Gasteiger partial charge in [-0.2, -0.15) is 0 Å². The number of methoxy groups -OCH3 is 4. The van der Waals surface area contributed by atoms with Gasteiger partial charge in [-0.1, -0.05) is 0 Å². The number of carbonyl (C=O) groups is 2. The summed E-state index contributed by atoms with van der Waals surface area (Å²) >= 11 is 0. The number of ether oxygens (including phenoxy) is 5. The average molecular weight is 482 g/mol. The van der Waals surface area contributed by atoms with Crippen LogP contribution in [0.1, 0.15) is 38.2 Å². The first-order valence-electron chi connectivity index (χ1n) is 10.5. The molecule has 10 heteroatoms. The van der Waals surface area contributed by atoms with Crippen molar-refractivity contribution in [2.24, 2.45) is 5.73 Å². The Morgan fingerprint density at radius 1 is 0.886 bits per heavy atom. The molecule has 0 aliphatic carbocycles. The van der Waals surface area contributed by atoms with Gasteiger partial charge in [-0.05, 0) is 36.4 Å². The molecule has 1 amide bonds. The monoisotopic (exact) mass is 481 g/mol. The highest BCUT2D eigenvalue weighted by atomic mass is 16.6. The molecule has 0 spiro atoms. The van der Waals surface area contributed by atoms with Gasteiger partial charge in [0.15, 0.2) is 6.23 Å². The number of amides is 1. The Bertz CT molecular complexity index is 1200. The Morgan fingerprint density at radius 2 is 1.54 bits per heavy atom. The van der Waals surface area contributed by atoms with Crippen LogP contribution in [-0.2, 0) is 11.3 Å². The molecule has 35 heavy (non-hydrogen) atoms. The molecule has 1 atom stereocenters. The van der Waals surface area contributed by atoms with Crippen LogP contribution in [0.4, 0.5) is 0 Å². The first kappa shape index (κ1) is 25.3. The third-order valence-electron chi connectivity index (χ3n) is 5.15. The minimum Gasteiger partial charge on any atom is -0.497 e. The van der Waals surface area contributed by atoms with Crippen molar-refractivity contribution in [2.45, 2.75) is 12.8 Å². The standard InChI is InChI=1S/C25H27N3O7/c1-31-17-6-5-16(21(12-17)33-3)14-28-24(29)15-9-10-27-20(11-15)25(30)35-23(26)19-8-7-18(32-2)13-22(19)34-4/h5-13,23H,14,26H2,1-4H3,(H,28,29). The highest BCUT2D eigenvalue weighted by Gasteiger charge is 2.20. The molecule has 2 aromatic carbocycles. The third kappa shape index (κ3) is 6.18. The minimum absolute atomic E-state index is 0.0670. The summed E-state index contributed by atoms with van der Waals surface area (Å²) in [6.07, 6.45) is 0.226. The van der Waals surface area contributed by atoms with Crippen molar-refractivity contribution in [3.63, 3.8) is 0 Å². The van der Waals surface area contributed by atoms with E-state index >= 15 is 0 Å². The van der Waals surface area contributed by atoms with Crippen LogP contribution < -0.4 is 30.0 Å². The van der Waals surface area contributed by atoms with E-state index in [2.05, 4.69) is 10.3 Å². The summed E-state index contributed by atoms with van der Waals surface area (Å²) in [4.78, 5) is 29.4. The van der Waals surface area contributed by atoms with Crippen LogP contribution in [0, 0.1) is 0 Å². The maximum Gasteiger partial charge on any atom is 0.358 e. The number of carbonyl (C=O) groups excluding carboxylic acids is 2. The molecule has 0 saturated heterocycles. The van der Waals surface area contributed by atoms with Crippen molar-refractivity contribution >= 4 is 11.9 Å². The number of pyridine rings is 1. The molecule has 0 aliphatic heterocycles. The van der Waals surface area contributed by atoms with Gasteiger partial charge in [0.05, 0.1) is 28.4 Å². The predicted octanol–water partition coefficient (Wildman–Crippen LogP) is 2.86. The Morgan fingerprint density at radius 3 is 2.20 bits per heavy atom. The van der Waals surface area contributed by atoms with Crippen molar-refractivity contribution in [3.8, 4) is 23.0 Å². The Labute approximate surface area is 202 Å². The molecule has 3 aromatic rings. The van der Waals surface area contributed by atoms with Crippen molar-refractivity contribution in [3.05, 3.63) is 77.1 Å². The zero-order valence-electron chi connectivity index (χ0n) is 19.9. The average Bonchev–Trinajstić information content (AvgIpc) is 2.90. The molecule has 0 fully saturated rings. The summed E-state index contributed by atoms with van der Waals surface area (Å²) in [6.45, 7) is 0.205. The number of esters is 1. The zero-order valence-corrected chi connectivity index (χ0v) is 19.9. The Kier molecular flexibility index (Phi) is 8.47. The van der Waals surface area contributed by atoms with Crippen LogP contribution in [0.25, 0.3) is 0 Å². The van der Waals surface area contributed by atoms with E-state index in [1.807, 2.05) is 0 Å². The fourth-order valence-electron chi connectivity index (χ4n) is 3.25. The molecule has 0 aliphatic rings. The fraction of sp³-hybridized carbons (Fsp3) is 0.240. The van der Waals surface area contributed by atoms with Gasteiger partial charge in [0.1, 0.15) is 28.7 Å². The van der Waals surface area contributed by atoms with Gasteiger partial charge >= 0.3 is 5.97 Å². The van der Waals surface area contributed by atoms with Gasteiger partial charge in [0.2, 0.25) is 0 Å². The molecule has 3 rings (SSSR count). The van der Waals surface area contributed by atoms with Gasteiger partial charge in [0, 0.05) is 41.6 Å². The normalized spacial score (nSPS) is 11.2. The Balaban J connectivity index is 1.68. The number of hydrogen-bond acceptors (Lipinski definition) is 9. The first-order valence-corrected chi connectivity index (χ1v) is 10.5. The van der Waals surface area contributed by atoms with Crippen LogP contribution in [0.5, 0.6) is 23.0 Å². The van der Waals surface area contributed by atoms with Crippen LogP contribution in [0.3, 0.4) is 0 Å². The molecule has 1 heterocycles. The van der Waals surface area contributed by atoms with Gasteiger partial charge < -0.3 is 29.0 Å². The first-order chi connectivity index (χ1) is 16.9. The number of hydrogen-bond donors (Lipinski definition) is 2. The second kappa shape index (κ2) is 11.7. The van der Waals surface area contributed by atoms with Crippen LogP contribution in [0.2, 0.25) is 0 Å². The summed E-state index contributed by atoms with van der Waals surface area (Å²) in [6, 6.07) is 13.1. The van der Waals surface area contributed by atoms with Gasteiger partial charge in [-0.25, -0.2) is 9.78 Å². The van der Waals surface area contributed by atoms with Gasteiger partial charge in [-0.3, -0.25) is 10.5 Å². The largest absolute Gasteiger partial charge is 0.497 e. The second-order valence-corrected chi connectivity index (χ2v) is 7.22. The molecule has 1 unspecified atom stereocenters. The molecule has 1 aromatic heterocycles. The molecular formula is C25H27N3O7. The molecular weight excluding hydrogens is 454 g/mol. The Hall–Kier alpha value is -4.31. The van der Waals surface area contributed by atoms with E-state index in [4.69, 9.17) is 29.4 Å². The molecule has 3 N–H and O–H groups in total. The maximum absolute atomic E-state index is 12.7. The molecule has 184 valence electrons. The third-order valence-corrected chi connectivity index (χ3v) is 5.15. The number of nitrogens with two attached hydrogens (primary N) is 1. The van der Waals surface area contributed by atoms with E-state index < -0.39 is 18.1 Å². The summed E-state index contributed by atoms with van der Waals surface area (Å²) in [5.41, 5.74) is 7.44. The molecule has 10 nitrogen and oxygen atoms in total. The van der Waals surface area contributed by atoms with E-state index in [1.165, 1.54) is 39.7 Å². The van der Waals surface area contributed by atoms with E-state index in [9.17, 15) is 9.59 Å². The number of nitrogens with one attached hydrogen (secondary N) is 1. The summed E-state index contributed by atoms with van der Waals surface area (Å²) in [7, 11) is 6.09. The smallest absolute Gasteiger partial charge is 0.358 e. The lowest BCUT2D eigenvalue weighted by atomic mass is 10.1. The van der Waals surface area contributed by atoms with Crippen molar-refractivity contribution < 1.29 is 33.3 Å². The lowest BCUT2D eigenvalue weighted by molar-refractivity contribution is 0.0300. The molecule has 0 saturated carbocycles. The maximum atomic E-state index is 12.7. The van der Waals surface area contributed by atoms with Gasteiger partial charge in [0.25, 0.3) is 5.91 Å². The van der Waals surface area contributed by atoms with E-state index in [0.29, 0.717) is 28.6 Å². The zero-order chi connectivity index (χ0) is 25.4.